The van der Waals surface area contributed by atoms with Crippen molar-refractivity contribution >= 4 is 18.2 Å². The predicted octanol–water partition coefficient (Wildman–Crippen LogP) is 4.37. The molecule has 0 amide bonds. The van der Waals surface area contributed by atoms with E-state index in [4.69, 9.17) is 5.26 Å². The van der Waals surface area contributed by atoms with Gasteiger partial charge in [0.25, 0.3) is 0 Å². The van der Waals surface area contributed by atoms with Crippen molar-refractivity contribution < 1.29 is 0 Å². The summed E-state index contributed by atoms with van der Waals surface area (Å²) in [5.74, 6) is 0. The molecule has 0 saturated heterocycles. The second kappa shape index (κ2) is 5.65. The topological polar surface area (TPSA) is 23.8 Å². The minimum Gasteiger partial charge on any atom is -0.192 e. The standard InChI is InChI=1S/C17H13N/c1-2-14-3-5-15(6-4-14)7-8-16-9-11-17(13-18)12-10-16/h2-12H,1H2. The first kappa shape index (κ1) is 11.9. The Morgan fingerprint density at radius 3 is 1.67 bits per heavy atom. The van der Waals surface area contributed by atoms with Gasteiger partial charge in [0.05, 0.1) is 11.6 Å². The lowest BCUT2D eigenvalue weighted by Gasteiger charge is -1.96. The van der Waals surface area contributed by atoms with Gasteiger partial charge in [0, 0.05) is 0 Å². The summed E-state index contributed by atoms with van der Waals surface area (Å²) in [6, 6.07) is 17.8. The lowest BCUT2D eigenvalue weighted by molar-refractivity contribution is 1.48. The molecule has 2 aromatic carbocycles. The third-order valence-electron chi connectivity index (χ3n) is 2.68. The highest BCUT2D eigenvalue weighted by atomic mass is 14.2. The molecular weight excluding hydrogens is 218 g/mol. The summed E-state index contributed by atoms with van der Waals surface area (Å²) in [6.45, 7) is 3.73. The zero-order valence-electron chi connectivity index (χ0n) is 10.0. The van der Waals surface area contributed by atoms with Crippen molar-refractivity contribution in [1.29, 1.82) is 5.26 Å². The lowest BCUT2D eigenvalue weighted by atomic mass is 10.1. The van der Waals surface area contributed by atoms with Gasteiger partial charge in [-0.3, -0.25) is 0 Å². The summed E-state index contributed by atoms with van der Waals surface area (Å²) in [6.07, 6.45) is 5.91. The summed E-state index contributed by atoms with van der Waals surface area (Å²) >= 11 is 0. The van der Waals surface area contributed by atoms with E-state index in [0.717, 1.165) is 16.7 Å². The van der Waals surface area contributed by atoms with Crippen LogP contribution in [0.1, 0.15) is 22.3 Å². The molecule has 0 fully saturated rings. The molecule has 0 aromatic heterocycles. The fraction of sp³-hybridized carbons (Fsp3) is 0. The van der Waals surface area contributed by atoms with Gasteiger partial charge < -0.3 is 0 Å². The van der Waals surface area contributed by atoms with Crippen molar-refractivity contribution in [3.63, 3.8) is 0 Å². The summed E-state index contributed by atoms with van der Waals surface area (Å²) in [4.78, 5) is 0. The van der Waals surface area contributed by atoms with E-state index in [1.54, 1.807) is 0 Å². The van der Waals surface area contributed by atoms with E-state index in [-0.39, 0.29) is 0 Å². The number of benzene rings is 2. The van der Waals surface area contributed by atoms with Crippen LogP contribution in [0, 0.1) is 11.3 Å². The van der Waals surface area contributed by atoms with Crippen molar-refractivity contribution in [2.75, 3.05) is 0 Å². The molecule has 0 saturated carbocycles. The van der Waals surface area contributed by atoms with Crippen LogP contribution in [0.5, 0.6) is 0 Å². The SMILES string of the molecule is C=Cc1ccc(C=Cc2ccc(C#N)cc2)cc1. The number of rotatable bonds is 3. The van der Waals surface area contributed by atoms with Gasteiger partial charge in [-0.15, -0.1) is 0 Å². The van der Waals surface area contributed by atoms with Crippen molar-refractivity contribution in [2.45, 2.75) is 0 Å². The maximum absolute atomic E-state index is 8.71. The fourth-order valence-electron chi connectivity index (χ4n) is 1.60. The quantitative estimate of drug-likeness (QED) is 0.719. The summed E-state index contributed by atoms with van der Waals surface area (Å²) in [5.41, 5.74) is 4.03. The number of hydrogen-bond donors (Lipinski definition) is 0. The summed E-state index contributed by atoms with van der Waals surface area (Å²) < 4.78 is 0. The highest BCUT2D eigenvalue weighted by Crippen LogP contribution is 2.11. The highest BCUT2D eigenvalue weighted by Gasteiger charge is 1.91. The van der Waals surface area contributed by atoms with Gasteiger partial charge in [-0.2, -0.15) is 5.26 Å². The molecule has 2 aromatic rings. The maximum atomic E-state index is 8.71. The molecule has 1 heteroatoms. The van der Waals surface area contributed by atoms with Crippen LogP contribution >= 0.6 is 0 Å². The smallest absolute Gasteiger partial charge is 0.0991 e. The van der Waals surface area contributed by atoms with E-state index >= 15 is 0 Å². The van der Waals surface area contributed by atoms with E-state index < -0.39 is 0 Å². The van der Waals surface area contributed by atoms with Crippen LogP contribution in [-0.2, 0) is 0 Å². The van der Waals surface area contributed by atoms with E-state index in [1.165, 1.54) is 0 Å². The Morgan fingerprint density at radius 2 is 1.22 bits per heavy atom. The lowest BCUT2D eigenvalue weighted by Crippen LogP contribution is -1.76. The molecule has 2 rings (SSSR count). The van der Waals surface area contributed by atoms with Crippen LogP contribution in [-0.4, -0.2) is 0 Å². The monoisotopic (exact) mass is 231 g/mol. The fourth-order valence-corrected chi connectivity index (χ4v) is 1.60. The molecule has 0 bridgehead atoms. The van der Waals surface area contributed by atoms with Crippen molar-refractivity contribution in [1.82, 2.24) is 0 Å². The third-order valence-corrected chi connectivity index (χ3v) is 2.68. The van der Waals surface area contributed by atoms with Gasteiger partial charge in [-0.05, 0) is 28.8 Å². The number of hydrogen-bond acceptors (Lipinski definition) is 1. The summed E-state index contributed by atoms with van der Waals surface area (Å²) in [7, 11) is 0. The summed E-state index contributed by atoms with van der Waals surface area (Å²) in [5, 5.41) is 8.71. The van der Waals surface area contributed by atoms with Crippen LogP contribution in [0.25, 0.3) is 18.2 Å². The van der Waals surface area contributed by atoms with Crippen molar-refractivity contribution in [3.05, 3.63) is 77.4 Å². The Balaban J connectivity index is 2.14. The Morgan fingerprint density at radius 1 is 0.778 bits per heavy atom. The van der Waals surface area contributed by atoms with Crippen molar-refractivity contribution in [3.8, 4) is 6.07 Å². The first-order valence-electron chi connectivity index (χ1n) is 5.72. The van der Waals surface area contributed by atoms with Gasteiger partial charge in [0.15, 0.2) is 0 Å². The number of nitriles is 1. The first-order valence-corrected chi connectivity index (χ1v) is 5.72. The number of nitrogens with zero attached hydrogens (tertiary/aromatic N) is 1. The predicted molar refractivity (Wildman–Crippen MR) is 76.6 cm³/mol. The highest BCUT2D eigenvalue weighted by molar-refractivity contribution is 5.70. The molecule has 0 aliphatic rings. The first-order chi connectivity index (χ1) is 8.81. The average Bonchev–Trinajstić information content (AvgIpc) is 2.46. The Kier molecular flexibility index (Phi) is 3.73. The van der Waals surface area contributed by atoms with Gasteiger partial charge in [-0.25, -0.2) is 0 Å². The molecule has 86 valence electrons. The molecule has 18 heavy (non-hydrogen) atoms. The maximum Gasteiger partial charge on any atom is 0.0991 e. The van der Waals surface area contributed by atoms with Gasteiger partial charge in [0.1, 0.15) is 0 Å². The van der Waals surface area contributed by atoms with Crippen LogP contribution < -0.4 is 0 Å². The molecule has 0 aliphatic heterocycles. The van der Waals surface area contributed by atoms with Crippen molar-refractivity contribution in [2.24, 2.45) is 0 Å². The minimum absolute atomic E-state index is 0.683. The Bertz CT molecular complexity index is 596. The van der Waals surface area contributed by atoms with E-state index in [1.807, 2.05) is 54.6 Å². The minimum atomic E-state index is 0.683. The van der Waals surface area contributed by atoms with Gasteiger partial charge >= 0.3 is 0 Å². The van der Waals surface area contributed by atoms with E-state index in [2.05, 4.69) is 24.8 Å². The Hall–Kier alpha value is -2.59. The van der Waals surface area contributed by atoms with E-state index in [0.29, 0.717) is 5.56 Å². The third kappa shape index (κ3) is 2.96. The zero-order valence-corrected chi connectivity index (χ0v) is 10.0. The van der Waals surface area contributed by atoms with Gasteiger partial charge in [-0.1, -0.05) is 61.2 Å². The van der Waals surface area contributed by atoms with Crippen LogP contribution in [0.4, 0.5) is 0 Å². The average molecular weight is 231 g/mol. The molecule has 0 atom stereocenters. The molecular formula is C17H13N. The Labute approximate surface area is 107 Å². The molecule has 0 N–H and O–H groups in total. The second-order valence-corrected chi connectivity index (χ2v) is 3.94. The normalized spacial score (nSPS) is 10.2. The molecule has 0 aliphatic carbocycles. The molecule has 0 spiro atoms. The van der Waals surface area contributed by atoms with Crippen LogP contribution in [0.15, 0.2) is 55.1 Å². The molecule has 1 nitrogen and oxygen atoms in total. The molecule has 0 heterocycles. The van der Waals surface area contributed by atoms with Gasteiger partial charge in [0.2, 0.25) is 0 Å². The second-order valence-electron chi connectivity index (χ2n) is 3.94. The van der Waals surface area contributed by atoms with Crippen LogP contribution in [0.2, 0.25) is 0 Å². The molecule has 0 radical (unpaired) electrons. The molecule has 0 unspecified atom stereocenters. The zero-order chi connectivity index (χ0) is 12.8. The van der Waals surface area contributed by atoms with Crippen LogP contribution in [0.3, 0.4) is 0 Å². The van der Waals surface area contributed by atoms with E-state index in [9.17, 15) is 0 Å². The largest absolute Gasteiger partial charge is 0.192 e.